The Kier molecular flexibility index (Phi) is 12.0. The van der Waals surface area contributed by atoms with Crippen molar-refractivity contribution < 1.29 is 77.9 Å². The van der Waals surface area contributed by atoms with Gasteiger partial charge in [0, 0.05) is 49.3 Å². The number of hydrogen-bond acceptors (Lipinski definition) is 17. The summed E-state index contributed by atoms with van der Waals surface area (Å²) in [6, 6.07) is 3.01. The number of fused-ring (bicyclic) bond motifs is 3. The molecule has 2 aliphatic carbocycles. The van der Waals surface area contributed by atoms with Gasteiger partial charge in [-0.3, -0.25) is 19.2 Å². The highest BCUT2D eigenvalue weighted by atomic mass is 16.7. The molecule has 2 aromatic carbocycles. The third kappa shape index (κ3) is 7.65. The van der Waals surface area contributed by atoms with E-state index in [0.717, 1.165) is 19.2 Å². The van der Waals surface area contributed by atoms with Crippen LogP contribution in [0.2, 0.25) is 0 Å². The highest BCUT2D eigenvalue weighted by molar-refractivity contribution is 6.31. The van der Waals surface area contributed by atoms with Crippen molar-refractivity contribution in [2.24, 2.45) is 0 Å². The zero-order valence-electron chi connectivity index (χ0n) is 34.1. The Labute approximate surface area is 341 Å². The maximum Gasteiger partial charge on any atom is 0.316 e. The van der Waals surface area contributed by atoms with Gasteiger partial charge in [0.1, 0.15) is 41.5 Å². The number of ether oxygens (including phenoxy) is 7. The summed E-state index contributed by atoms with van der Waals surface area (Å²) >= 11 is 0. The van der Waals surface area contributed by atoms with Crippen molar-refractivity contribution in [2.75, 3.05) is 21.2 Å². The maximum absolute atomic E-state index is 14.0. The number of phenols is 3. The first-order valence-corrected chi connectivity index (χ1v) is 20.0. The topological polar surface area (TPSA) is 237 Å². The van der Waals surface area contributed by atoms with E-state index in [1.165, 1.54) is 6.07 Å². The quantitative estimate of drug-likeness (QED) is 0.154. The Morgan fingerprint density at radius 3 is 2.07 bits per heavy atom. The Balaban J connectivity index is 1.14. The van der Waals surface area contributed by atoms with E-state index in [-0.39, 0.29) is 54.2 Å². The summed E-state index contributed by atoms with van der Waals surface area (Å²) < 4.78 is 42.6. The van der Waals surface area contributed by atoms with Crippen LogP contribution in [0.3, 0.4) is 0 Å². The summed E-state index contributed by atoms with van der Waals surface area (Å²) in [7, 11) is 4.85. The van der Waals surface area contributed by atoms with Gasteiger partial charge in [0.15, 0.2) is 30.4 Å². The molecular formula is C42H53NO16. The van der Waals surface area contributed by atoms with Gasteiger partial charge in [0.05, 0.1) is 53.8 Å². The molecule has 0 saturated carbocycles. The van der Waals surface area contributed by atoms with E-state index in [9.17, 15) is 44.7 Å². The first-order chi connectivity index (χ1) is 27.9. The Morgan fingerprint density at radius 1 is 0.864 bits per heavy atom. The number of aliphatic hydroxyl groups excluding tert-OH is 1. The second-order valence-corrected chi connectivity index (χ2v) is 16.4. The fourth-order valence-electron chi connectivity index (χ4n) is 9.33. The largest absolute Gasteiger partial charge is 0.507 e. The predicted octanol–water partition coefficient (Wildman–Crippen LogP) is 2.86. The molecule has 59 heavy (non-hydrogen) atoms. The maximum atomic E-state index is 14.0. The van der Waals surface area contributed by atoms with Gasteiger partial charge in [0.2, 0.25) is 5.78 Å². The molecule has 5 N–H and O–H groups in total. The summed E-state index contributed by atoms with van der Waals surface area (Å²) in [6.07, 6.45) is -6.99. The van der Waals surface area contributed by atoms with Gasteiger partial charge in [-0.1, -0.05) is 6.92 Å². The second-order valence-electron chi connectivity index (χ2n) is 16.4. The van der Waals surface area contributed by atoms with Crippen molar-refractivity contribution in [1.82, 2.24) is 4.90 Å². The van der Waals surface area contributed by atoms with Crippen LogP contribution in [-0.2, 0) is 42.7 Å². The standard InChI is InChI=1S/C42H53NO16/c1-8-42(52)16-27(31-20(35(42)41(51)53-7)13-21-32(37(31)49)38(50)34-25(46)10-9-24(45)33(34)36(21)48)57-29-14-22(43(5)6)39(18(3)55-29)59-30-15-26(47)40(19(4)56-30)58-28-12-11-23(44)17(2)54-28/h9-10,13,17-19,22,26-30,35,39-40,45-47,49,52H,8,11-12,14-16H2,1-7H3/t17?,18?,19?,22?,26?,27-,28?,29?,30?,35-,39?,40?,42-/m0/s1. The SMILES string of the molecule is CC[C@]1(O)C[C@H](OC2CC(N(C)C)C(OC3CC(O)C(OC4CCC(=O)C(C)O4)C(C)O3)C(C)O2)c2c(cc3c(c2O)C(=O)c2c(O)ccc(O)c2C3=O)[C@H]1C(=O)OC. The molecule has 3 heterocycles. The number of methoxy groups -OCH3 is 1. The summed E-state index contributed by atoms with van der Waals surface area (Å²) in [5.74, 6) is -5.90. The second kappa shape index (κ2) is 16.4. The van der Waals surface area contributed by atoms with E-state index in [4.69, 9.17) is 33.2 Å². The minimum atomic E-state index is -1.81. The number of hydrogen-bond donors (Lipinski definition) is 5. The summed E-state index contributed by atoms with van der Waals surface area (Å²) in [5.41, 5.74) is -3.58. The van der Waals surface area contributed by atoms with Crippen molar-refractivity contribution in [1.29, 1.82) is 0 Å². The molecule has 5 aliphatic rings. The number of carbonyl (C=O) groups excluding carboxylic acids is 4. The third-order valence-electron chi connectivity index (χ3n) is 12.5. The van der Waals surface area contributed by atoms with Crippen molar-refractivity contribution >= 4 is 23.3 Å². The van der Waals surface area contributed by atoms with Crippen LogP contribution in [-0.4, -0.2) is 142 Å². The highest BCUT2D eigenvalue weighted by Gasteiger charge is 2.54. The first kappa shape index (κ1) is 43.1. The zero-order chi connectivity index (χ0) is 42.8. The highest BCUT2D eigenvalue weighted by Crippen LogP contribution is 2.54. The summed E-state index contributed by atoms with van der Waals surface area (Å²) in [5, 5.41) is 56.5. The van der Waals surface area contributed by atoms with Crippen LogP contribution in [0.25, 0.3) is 0 Å². The fraction of sp³-hybridized carbons (Fsp3) is 0.619. The number of Topliss-reactive ketones (excluding diaryl/α,β-unsaturated/α-hetero) is 1. The van der Waals surface area contributed by atoms with Crippen molar-refractivity contribution in [3.63, 3.8) is 0 Å². The summed E-state index contributed by atoms with van der Waals surface area (Å²) in [4.78, 5) is 55.1. The molecule has 3 saturated heterocycles. The van der Waals surface area contributed by atoms with Gasteiger partial charge in [-0.05, 0) is 65.0 Å². The molecule has 3 fully saturated rings. The number of aromatic hydroxyl groups is 3. The van der Waals surface area contributed by atoms with E-state index in [0.29, 0.717) is 12.8 Å². The fourth-order valence-corrected chi connectivity index (χ4v) is 9.33. The van der Waals surface area contributed by atoms with E-state index in [2.05, 4.69) is 0 Å². The molecule has 322 valence electrons. The molecule has 17 heteroatoms. The van der Waals surface area contributed by atoms with E-state index in [1.54, 1.807) is 27.7 Å². The predicted molar refractivity (Wildman–Crippen MR) is 203 cm³/mol. The minimum absolute atomic E-state index is 0.00116. The molecule has 7 rings (SSSR count). The monoisotopic (exact) mass is 827 g/mol. The van der Waals surface area contributed by atoms with Crippen molar-refractivity contribution in [3.05, 3.63) is 51.6 Å². The van der Waals surface area contributed by atoms with E-state index >= 15 is 0 Å². The van der Waals surface area contributed by atoms with Crippen LogP contribution < -0.4 is 0 Å². The number of ketones is 3. The smallest absolute Gasteiger partial charge is 0.316 e. The molecule has 17 nitrogen and oxygen atoms in total. The number of benzene rings is 2. The first-order valence-electron chi connectivity index (χ1n) is 20.0. The molecule has 0 aromatic heterocycles. The van der Waals surface area contributed by atoms with E-state index in [1.807, 2.05) is 19.0 Å². The van der Waals surface area contributed by atoms with Gasteiger partial charge in [0.25, 0.3) is 0 Å². The third-order valence-corrected chi connectivity index (χ3v) is 12.5. The van der Waals surface area contributed by atoms with Crippen molar-refractivity contribution in [3.8, 4) is 17.2 Å². The molecule has 0 bridgehead atoms. The molecular weight excluding hydrogens is 774 g/mol. The van der Waals surface area contributed by atoms with Gasteiger partial charge >= 0.3 is 5.97 Å². The molecule has 2 aromatic rings. The number of esters is 1. The van der Waals surface area contributed by atoms with Crippen LogP contribution in [0.15, 0.2) is 18.2 Å². The van der Waals surface area contributed by atoms with Crippen LogP contribution in [0.1, 0.15) is 121 Å². The number of likely N-dealkylation sites (N-methyl/N-ethyl adjacent to an activating group) is 1. The van der Waals surface area contributed by atoms with Crippen molar-refractivity contribution in [2.45, 2.75) is 145 Å². The average Bonchev–Trinajstić information content (AvgIpc) is 3.17. The lowest BCUT2D eigenvalue weighted by atomic mass is 9.67. The molecule has 10 unspecified atom stereocenters. The van der Waals surface area contributed by atoms with Gasteiger partial charge in [-0.15, -0.1) is 0 Å². The Bertz CT molecular complexity index is 1990. The lowest BCUT2D eigenvalue weighted by Crippen LogP contribution is -2.58. The lowest BCUT2D eigenvalue weighted by molar-refractivity contribution is -0.324. The Morgan fingerprint density at radius 2 is 1.47 bits per heavy atom. The zero-order valence-corrected chi connectivity index (χ0v) is 34.1. The van der Waals surface area contributed by atoms with Crippen LogP contribution >= 0.6 is 0 Å². The van der Waals surface area contributed by atoms with Crippen LogP contribution in [0.4, 0.5) is 0 Å². The number of phenolic OH excluding ortho intramolecular Hbond substituents is 3. The van der Waals surface area contributed by atoms with Gasteiger partial charge < -0.3 is 63.6 Å². The lowest BCUT2D eigenvalue weighted by Gasteiger charge is -2.48. The molecule has 0 amide bonds. The normalized spacial score (nSPS) is 35.9. The van der Waals surface area contributed by atoms with Crippen LogP contribution in [0.5, 0.6) is 17.2 Å². The molecule has 3 aliphatic heterocycles. The molecule has 0 spiro atoms. The summed E-state index contributed by atoms with van der Waals surface area (Å²) in [6.45, 7) is 6.89. The number of rotatable bonds is 9. The minimum Gasteiger partial charge on any atom is -0.507 e. The van der Waals surface area contributed by atoms with E-state index < -0.39 is 125 Å². The number of carbonyl (C=O) groups is 4. The number of nitrogens with zero attached hydrogens (tertiary/aromatic N) is 1. The van der Waals surface area contributed by atoms with Gasteiger partial charge in [-0.25, -0.2) is 0 Å². The average molecular weight is 828 g/mol. The van der Waals surface area contributed by atoms with Crippen LogP contribution in [0, 0.1) is 0 Å². The molecule has 13 atom stereocenters. The van der Waals surface area contributed by atoms with Gasteiger partial charge in [-0.2, -0.15) is 0 Å². The molecule has 0 radical (unpaired) electrons. The number of aliphatic hydroxyl groups is 2. The Hall–Kier alpha value is -4.04.